The van der Waals surface area contributed by atoms with Crippen molar-refractivity contribution in [2.24, 2.45) is 0 Å². The van der Waals surface area contributed by atoms with E-state index in [0.29, 0.717) is 23.9 Å². The van der Waals surface area contributed by atoms with Gasteiger partial charge in [0.25, 0.3) is 0 Å². The number of rotatable bonds is 8. The molecule has 0 amide bonds. The lowest BCUT2D eigenvalue weighted by atomic mass is 9.84. The van der Waals surface area contributed by atoms with E-state index >= 15 is 0 Å². The Bertz CT molecular complexity index is 4890. The molecule has 0 aliphatic carbocycles. The minimum Gasteiger partial charge on any atom is -0.456 e. The van der Waals surface area contributed by atoms with Crippen LogP contribution in [0.25, 0.3) is 152 Å². The average molecular weight is 1030 g/mol. The van der Waals surface area contributed by atoms with Crippen LogP contribution in [0.15, 0.2) is 239 Å². The zero-order chi connectivity index (χ0) is 51.4. The molecule has 0 spiro atoms. The highest BCUT2D eigenvalue weighted by atomic mass is 32.1. The number of furan rings is 2. The van der Waals surface area contributed by atoms with Crippen LogP contribution in [0.4, 0.5) is 0 Å². The first kappa shape index (κ1) is 44.7. The zero-order valence-corrected chi connectivity index (χ0v) is 43.8. The number of fused-ring (bicyclic) bond motifs is 12. The van der Waals surface area contributed by atoms with Gasteiger partial charge in [-0.2, -0.15) is 0 Å². The lowest BCUT2D eigenvalue weighted by Gasteiger charge is -2.20. The van der Waals surface area contributed by atoms with E-state index in [0.717, 1.165) is 99.5 Å². The van der Waals surface area contributed by atoms with Crippen LogP contribution in [0.2, 0.25) is 0 Å². The third-order valence-corrected chi connectivity index (χ3v) is 17.9. The Morgan fingerprint density at radius 1 is 0.333 bits per heavy atom. The Balaban J connectivity index is 0.895. The molecule has 0 atom stereocenters. The molecule has 0 aliphatic rings. The Hall–Kier alpha value is -9.53. The Labute approximate surface area is 456 Å². The van der Waals surface area contributed by atoms with Crippen molar-refractivity contribution in [3.05, 3.63) is 247 Å². The van der Waals surface area contributed by atoms with Gasteiger partial charge in [-0.1, -0.05) is 176 Å². The monoisotopic (exact) mass is 1030 g/mol. The zero-order valence-electron chi connectivity index (χ0n) is 42.1. The number of hydrogen-bond donors (Lipinski definition) is 0. The van der Waals surface area contributed by atoms with Crippen molar-refractivity contribution >= 4 is 107 Å². The molecule has 16 rings (SSSR count). The summed E-state index contributed by atoms with van der Waals surface area (Å²) in [6, 6.07) is 82.4. The van der Waals surface area contributed by atoms with Gasteiger partial charge >= 0.3 is 0 Å². The standard InChI is InChI=1S/C71H43N3O2S2/c1-41-28-31-54-59-39-58-49-22-10-13-25-60(49)75-61(58)40-62(59)76-68(54)67(41)48-21-9-8-20-44(48)34-57-55(42-16-4-2-5-17-42)35-47(36-56(57)43-18-6-3-7-19-43)71-73-69(45-29-32-52-50-23-11-14-26-63(50)77-65(52)37-45)72-70(74-71)46-30-33-53-51-24-12-15-27-64(51)78-66(53)38-46/h2-33,35-40H,34H2,1H3. The largest absolute Gasteiger partial charge is 0.456 e. The molecule has 0 saturated heterocycles. The van der Waals surface area contributed by atoms with Crippen LogP contribution >= 0.6 is 22.7 Å². The summed E-state index contributed by atoms with van der Waals surface area (Å²) >= 11 is 3.60. The van der Waals surface area contributed by atoms with Gasteiger partial charge in [0.15, 0.2) is 17.5 Å². The fourth-order valence-electron chi connectivity index (χ4n) is 11.8. The summed E-state index contributed by atoms with van der Waals surface area (Å²) in [6.45, 7) is 2.19. The lowest BCUT2D eigenvalue weighted by Crippen LogP contribution is -2.03. The molecular formula is C71H43N3O2S2. The summed E-state index contributed by atoms with van der Waals surface area (Å²) in [4.78, 5) is 16.2. The second-order valence-corrected chi connectivity index (χ2v) is 22.4. The van der Waals surface area contributed by atoms with Crippen molar-refractivity contribution in [1.82, 2.24) is 15.0 Å². The van der Waals surface area contributed by atoms with Gasteiger partial charge in [0, 0.05) is 90.2 Å². The van der Waals surface area contributed by atoms with E-state index in [2.05, 4.69) is 225 Å². The minimum absolute atomic E-state index is 0.608. The van der Waals surface area contributed by atoms with Crippen molar-refractivity contribution in [3.8, 4) is 67.5 Å². The highest BCUT2D eigenvalue weighted by Gasteiger charge is 2.24. The van der Waals surface area contributed by atoms with Crippen LogP contribution in [-0.4, -0.2) is 15.0 Å². The average Bonchev–Trinajstić information content (AvgIpc) is 4.40. The van der Waals surface area contributed by atoms with Crippen LogP contribution in [0, 0.1) is 6.92 Å². The Kier molecular flexibility index (Phi) is 10.2. The number of aryl methyl sites for hydroxylation is 1. The molecule has 5 heterocycles. The number of aromatic nitrogens is 3. The quantitative estimate of drug-likeness (QED) is 0.152. The highest BCUT2D eigenvalue weighted by molar-refractivity contribution is 7.26. The minimum atomic E-state index is 0.608. The van der Waals surface area contributed by atoms with Crippen molar-refractivity contribution in [1.29, 1.82) is 0 Å². The molecule has 5 aromatic heterocycles. The first-order valence-corrected chi connectivity index (χ1v) is 27.9. The van der Waals surface area contributed by atoms with E-state index in [1.54, 1.807) is 22.7 Å². The van der Waals surface area contributed by atoms with Gasteiger partial charge in [-0.05, 0) is 106 Å². The summed E-state index contributed by atoms with van der Waals surface area (Å²) in [6.07, 6.45) is 0.637. The second-order valence-electron chi connectivity index (χ2n) is 20.2. The SMILES string of the molecule is Cc1ccc2c(oc3cc4oc5ccccc5c4cc32)c1-c1ccccc1Cc1c(-c2ccccc2)cc(-c2nc(-c3ccc4c(c3)sc3ccccc34)nc(-c3ccc4c(c3)sc3ccccc34)n2)cc1-c1ccccc1. The molecule has 366 valence electrons. The van der Waals surface area contributed by atoms with Crippen LogP contribution in [0.5, 0.6) is 0 Å². The summed E-state index contributed by atoms with van der Waals surface area (Å²) in [7, 11) is 0. The van der Waals surface area contributed by atoms with E-state index in [-0.39, 0.29) is 0 Å². The van der Waals surface area contributed by atoms with E-state index in [9.17, 15) is 0 Å². The maximum atomic E-state index is 6.95. The smallest absolute Gasteiger partial charge is 0.164 e. The number of benzene rings is 11. The second kappa shape index (κ2) is 17.8. The Morgan fingerprint density at radius 3 is 1.47 bits per heavy atom. The van der Waals surface area contributed by atoms with Crippen LogP contribution < -0.4 is 0 Å². The first-order chi connectivity index (χ1) is 38.5. The fraction of sp³-hybridized carbons (Fsp3) is 0.0282. The molecular weight excluding hydrogens is 991 g/mol. The first-order valence-electron chi connectivity index (χ1n) is 26.3. The molecule has 0 saturated carbocycles. The van der Waals surface area contributed by atoms with E-state index < -0.39 is 0 Å². The van der Waals surface area contributed by atoms with Crippen LogP contribution in [0.3, 0.4) is 0 Å². The number of nitrogens with zero attached hydrogens (tertiary/aromatic N) is 3. The summed E-state index contributed by atoms with van der Waals surface area (Å²) < 4.78 is 18.2. The summed E-state index contributed by atoms with van der Waals surface area (Å²) in [5.74, 6) is 1.86. The van der Waals surface area contributed by atoms with E-state index in [4.69, 9.17) is 23.8 Å². The molecule has 5 nitrogen and oxygen atoms in total. The van der Waals surface area contributed by atoms with Crippen molar-refractivity contribution in [2.45, 2.75) is 13.3 Å². The fourth-order valence-corrected chi connectivity index (χ4v) is 14.1. The number of thiophene rings is 2. The molecule has 0 aliphatic heterocycles. The highest BCUT2D eigenvalue weighted by Crippen LogP contribution is 2.45. The molecule has 0 radical (unpaired) electrons. The van der Waals surface area contributed by atoms with Gasteiger partial charge < -0.3 is 8.83 Å². The maximum absolute atomic E-state index is 6.95. The van der Waals surface area contributed by atoms with Gasteiger partial charge in [-0.15, -0.1) is 22.7 Å². The van der Waals surface area contributed by atoms with Crippen molar-refractivity contribution in [3.63, 3.8) is 0 Å². The summed E-state index contributed by atoms with van der Waals surface area (Å²) in [5.41, 5.74) is 16.3. The third-order valence-electron chi connectivity index (χ3n) is 15.6. The van der Waals surface area contributed by atoms with Gasteiger partial charge in [-0.25, -0.2) is 15.0 Å². The predicted octanol–water partition coefficient (Wildman–Crippen LogP) is 20.3. The molecule has 0 N–H and O–H groups in total. The van der Waals surface area contributed by atoms with Gasteiger partial charge in [-0.3, -0.25) is 0 Å². The number of para-hydroxylation sites is 1. The molecule has 16 aromatic rings. The van der Waals surface area contributed by atoms with E-state index in [1.807, 2.05) is 12.1 Å². The van der Waals surface area contributed by atoms with Crippen LogP contribution in [-0.2, 0) is 6.42 Å². The van der Waals surface area contributed by atoms with Crippen molar-refractivity contribution < 1.29 is 8.83 Å². The van der Waals surface area contributed by atoms with Gasteiger partial charge in [0.2, 0.25) is 0 Å². The maximum Gasteiger partial charge on any atom is 0.164 e. The summed E-state index contributed by atoms with van der Waals surface area (Å²) in [5, 5.41) is 9.31. The molecule has 0 bridgehead atoms. The third kappa shape index (κ3) is 7.31. The van der Waals surface area contributed by atoms with E-state index in [1.165, 1.54) is 51.5 Å². The van der Waals surface area contributed by atoms with Crippen molar-refractivity contribution in [2.75, 3.05) is 0 Å². The lowest BCUT2D eigenvalue weighted by molar-refractivity contribution is 0.656. The van der Waals surface area contributed by atoms with Gasteiger partial charge in [0.1, 0.15) is 22.3 Å². The molecule has 78 heavy (non-hydrogen) atoms. The topological polar surface area (TPSA) is 65.0 Å². The molecule has 0 fully saturated rings. The number of hydrogen-bond acceptors (Lipinski definition) is 7. The van der Waals surface area contributed by atoms with Gasteiger partial charge in [0.05, 0.1) is 0 Å². The molecule has 11 aromatic carbocycles. The van der Waals surface area contributed by atoms with Crippen LogP contribution in [0.1, 0.15) is 16.7 Å². The normalized spacial score (nSPS) is 12.0. The molecule has 0 unspecified atom stereocenters. The predicted molar refractivity (Wildman–Crippen MR) is 327 cm³/mol. The Morgan fingerprint density at radius 2 is 0.833 bits per heavy atom. The molecule has 7 heteroatoms.